The zero-order valence-electron chi connectivity index (χ0n) is 12.9. The highest BCUT2D eigenvalue weighted by atomic mass is 16.5. The lowest BCUT2D eigenvalue weighted by Gasteiger charge is -2.33. The van der Waals surface area contributed by atoms with Gasteiger partial charge in [0.2, 0.25) is 11.7 Å². The number of rotatable bonds is 4. The van der Waals surface area contributed by atoms with Crippen LogP contribution in [0.25, 0.3) is 11.4 Å². The van der Waals surface area contributed by atoms with Gasteiger partial charge < -0.3 is 9.51 Å². The first-order valence-corrected chi connectivity index (χ1v) is 8.01. The number of nitrogens with one attached hydrogen (secondary N) is 1. The van der Waals surface area contributed by atoms with Crippen LogP contribution in [-0.4, -0.2) is 31.6 Å². The Morgan fingerprint density at radius 1 is 1.22 bits per heavy atom. The van der Waals surface area contributed by atoms with E-state index in [0.717, 1.165) is 24.4 Å². The molecular formula is C17H19N5O. The summed E-state index contributed by atoms with van der Waals surface area (Å²) >= 11 is 0. The molecule has 1 aliphatic rings. The van der Waals surface area contributed by atoms with Gasteiger partial charge in [0, 0.05) is 18.0 Å². The minimum Gasteiger partial charge on any atom is -0.347 e. The summed E-state index contributed by atoms with van der Waals surface area (Å²) in [7, 11) is 0. The van der Waals surface area contributed by atoms with Crippen molar-refractivity contribution in [2.75, 3.05) is 6.54 Å². The number of imidazole rings is 1. The molecule has 0 bridgehead atoms. The molecule has 1 fully saturated rings. The first kappa shape index (κ1) is 14.1. The van der Waals surface area contributed by atoms with Crippen LogP contribution < -0.4 is 0 Å². The van der Waals surface area contributed by atoms with E-state index in [1.165, 1.54) is 12.8 Å². The molecule has 6 heteroatoms. The average molecular weight is 309 g/mol. The summed E-state index contributed by atoms with van der Waals surface area (Å²) < 4.78 is 5.45. The van der Waals surface area contributed by atoms with Gasteiger partial charge in [-0.2, -0.15) is 4.98 Å². The molecule has 0 aliphatic carbocycles. The molecule has 2 aromatic heterocycles. The van der Waals surface area contributed by atoms with Crippen molar-refractivity contribution in [3.05, 3.63) is 54.4 Å². The Morgan fingerprint density at radius 2 is 2.13 bits per heavy atom. The Bertz CT molecular complexity index is 737. The van der Waals surface area contributed by atoms with Crippen LogP contribution in [0.15, 0.2) is 47.2 Å². The van der Waals surface area contributed by atoms with Gasteiger partial charge in [-0.3, -0.25) is 4.90 Å². The number of benzene rings is 1. The third-order valence-corrected chi connectivity index (χ3v) is 4.29. The molecule has 1 N–H and O–H groups in total. The highest BCUT2D eigenvalue weighted by molar-refractivity contribution is 5.53. The second kappa shape index (κ2) is 6.34. The van der Waals surface area contributed by atoms with Gasteiger partial charge in [0.1, 0.15) is 5.82 Å². The lowest BCUT2D eigenvalue weighted by atomic mass is 10.0. The highest BCUT2D eigenvalue weighted by Crippen LogP contribution is 2.30. The molecule has 4 rings (SSSR count). The molecule has 3 heterocycles. The Hall–Kier alpha value is -2.47. The van der Waals surface area contributed by atoms with E-state index in [1.807, 2.05) is 42.7 Å². The summed E-state index contributed by atoms with van der Waals surface area (Å²) in [6.07, 6.45) is 7.20. The Labute approximate surface area is 134 Å². The van der Waals surface area contributed by atoms with E-state index in [2.05, 4.69) is 25.0 Å². The van der Waals surface area contributed by atoms with Gasteiger partial charge in [-0.25, -0.2) is 4.98 Å². The van der Waals surface area contributed by atoms with Crippen molar-refractivity contribution in [3.63, 3.8) is 0 Å². The standard InChI is InChI=1S/C17H19N5O/c1-2-6-13(7-3-1)16-20-15(23-21-16)12-22-11-5-4-8-14(22)17-18-9-10-19-17/h1-3,6-7,9-10,14H,4-5,8,11-12H2,(H,18,19)/t14-/m1/s1. The molecule has 3 aromatic rings. The van der Waals surface area contributed by atoms with Gasteiger partial charge in [0.05, 0.1) is 12.6 Å². The van der Waals surface area contributed by atoms with Crippen molar-refractivity contribution in [1.82, 2.24) is 25.0 Å². The zero-order valence-corrected chi connectivity index (χ0v) is 12.9. The van der Waals surface area contributed by atoms with Crippen LogP contribution in [-0.2, 0) is 6.54 Å². The Morgan fingerprint density at radius 3 is 2.96 bits per heavy atom. The first-order valence-electron chi connectivity index (χ1n) is 8.01. The van der Waals surface area contributed by atoms with Crippen LogP contribution in [0.2, 0.25) is 0 Å². The molecule has 1 aliphatic heterocycles. The van der Waals surface area contributed by atoms with Crippen molar-refractivity contribution >= 4 is 0 Å². The SMILES string of the molecule is c1ccc(-c2noc(CN3CCCC[C@@H]3c3ncc[nH]3)n2)cc1. The smallest absolute Gasteiger partial charge is 0.241 e. The van der Waals surface area contributed by atoms with Crippen LogP contribution in [0.3, 0.4) is 0 Å². The second-order valence-corrected chi connectivity index (χ2v) is 5.83. The summed E-state index contributed by atoms with van der Waals surface area (Å²) in [6, 6.07) is 10.2. The highest BCUT2D eigenvalue weighted by Gasteiger charge is 2.27. The topological polar surface area (TPSA) is 70.8 Å². The third-order valence-electron chi connectivity index (χ3n) is 4.29. The van der Waals surface area contributed by atoms with Crippen molar-refractivity contribution in [2.24, 2.45) is 0 Å². The normalized spacial score (nSPS) is 19.0. The number of hydrogen-bond donors (Lipinski definition) is 1. The fourth-order valence-electron chi connectivity index (χ4n) is 3.15. The van der Waals surface area contributed by atoms with E-state index < -0.39 is 0 Å². The minimum atomic E-state index is 0.297. The monoisotopic (exact) mass is 309 g/mol. The number of aromatic amines is 1. The molecule has 0 amide bonds. The molecule has 1 atom stereocenters. The van der Waals surface area contributed by atoms with Crippen LogP contribution in [0.4, 0.5) is 0 Å². The molecule has 1 saturated heterocycles. The van der Waals surface area contributed by atoms with Crippen LogP contribution in [0, 0.1) is 0 Å². The second-order valence-electron chi connectivity index (χ2n) is 5.83. The summed E-state index contributed by atoms with van der Waals surface area (Å²) in [5, 5.41) is 4.10. The molecule has 0 saturated carbocycles. The lowest BCUT2D eigenvalue weighted by Crippen LogP contribution is -2.33. The van der Waals surface area contributed by atoms with E-state index in [0.29, 0.717) is 24.3 Å². The Kier molecular flexibility index (Phi) is 3.90. The number of nitrogens with zero attached hydrogens (tertiary/aromatic N) is 4. The third kappa shape index (κ3) is 3.03. The van der Waals surface area contributed by atoms with Crippen LogP contribution in [0.1, 0.15) is 37.0 Å². The summed E-state index contributed by atoms with van der Waals surface area (Å²) in [5.41, 5.74) is 0.976. The van der Waals surface area contributed by atoms with E-state index in [-0.39, 0.29) is 0 Å². The van der Waals surface area contributed by atoms with Crippen molar-refractivity contribution in [1.29, 1.82) is 0 Å². The van der Waals surface area contributed by atoms with E-state index in [4.69, 9.17) is 4.52 Å². The van der Waals surface area contributed by atoms with E-state index in [1.54, 1.807) is 0 Å². The molecule has 0 spiro atoms. The molecule has 6 nitrogen and oxygen atoms in total. The van der Waals surface area contributed by atoms with Crippen molar-refractivity contribution in [2.45, 2.75) is 31.8 Å². The molecule has 1 aromatic carbocycles. The number of piperidine rings is 1. The van der Waals surface area contributed by atoms with Gasteiger partial charge in [0.15, 0.2) is 0 Å². The van der Waals surface area contributed by atoms with Crippen LogP contribution in [0.5, 0.6) is 0 Å². The predicted octanol–water partition coefficient (Wildman–Crippen LogP) is 3.19. The van der Waals surface area contributed by atoms with E-state index >= 15 is 0 Å². The van der Waals surface area contributed by atoms with Gasteiger partial charge in [0.25, 0.3) is 0 Å². The lowest BCUT2D eigenvalue weighted by molar-refractivity contribution is 0.118. The molecular weight excluding hydrogens is 290 g/mol. The predicted molar refractivity (Wildman–Crippen MR) is 85.3 cm³/mol. The molecule has 118 valence electrons. The zero-order chi connectivity index (χ0) is 15.5. The maximum atomic E-state index is 5.45. The van der Waals surface area contributed by atoms with E-state index in [9.17, 15) is 0 Å². The molecule has 0 unspecified atom stereocenters. The number of aromatic nitrogens is 4. The molecule has 0 radical (unpaired) electrons. The van der Waals surface area contributed by atoms with Crippen molar-refractivity contribution < 1.29 is 4.52 Å². The van der Waals surface area contributed by atoms with Gasteiger partial charge in [-0.15, -0.1) is 0 Å². The van der Waals surface area contributed by atoms with Gasteiger partial charge >= 0.3 is 0 Å². The summed E-state index contributed by atoms with van der Waals surface area (Å²) in [4.78, 5) is 14.6. The summed E-state index contributed by atoms with van der Waals surface area (Å²) in [5.74, 6) is 2.32. The maximum absolute atomic E-state index is 5.45. The van der Waals surface area contributed by atoms with Crippen LogP contribution >= 0.6 is 0 Å². The number of H-pyrrole nitrogens is 1. The molecule has 23 heavy (non-hydrogen) atoms. The average Bonchev–Trinajstić information content (AvgIpc) is 3.28. The fourth-order valence-corrected chi connectivity index (χ4v) is 3.15. The largest absolute Gasteiger partial charge is 0.347 e. The number of likely N-dealkylation sites (tertiary alicyclic amines) is 1. The maximum Gasteiger partial charge on any atom is 0.241 e. The fraction of sp³-hybridized carbons (Fsp3) is 0.353. The number of hydrogen-bond acceptors (Lipinski definition) is 5. The first-order chi connectivity index (χ1) is 11.4. The Balaban J connectivity index is 1.52. The minimum absolute atomic E-state index is 0.297. The van der Waals surface area contributed by atoms with Crippen molar-refractivity contribution in [3.8, 4) is 11.4 Å². The van der Waals surface area contributed by atoms with Gasteiger partial charge in [-0.05, 0) is 19.4 Å². The van der Waals surface area contributed by atoms with Gasteiger partial charge in [-0.1, -0.05) is 41.9 Å². The quantitative estimate of drug-likeness (QED) is 0.801. The summed E-state index contributed by atoms with van der Waals surface area (Å²) in [6.45, 7) is 1.68.